The highest BCUT2D eigenvalue weighted by Crippen LogP contribution is 2.21. The van der Waals surface area contributed by atoms with Crippen molar-refractivity contribution in [1.82, 2.24) is 20.3 Å². The van der Waals surface area contributed by atoms with E-state index < -0.39 is 0 Å². The molecule has 1 amide bonds. The summed E-state index contributed by atoms with van der Waals surface area (Å²) >= 11 is 5.78. The molecule has 0 aliphatic rings. The maximum Gasteiger partial charge on any atom is 0.246 e. The SMILES string of the molecule is COCC(=O)NCc1ccc(Oc2cc(CNc3ncc(Cl)cn3)ccn2)cc1. The van der Waals surface area contributed by atoms with Crippen molar-refractivity contribution in [3.63, 3.8) is 0 Å². The van der Waals surface area contributed by atoms with E-state index in [1.807, 2.05) is 36.4 Å². The molecule has 0 aliphatic carbocycles. The van der Waals surface area contributed by atoms with Crippen LogP contribution in [0.2, 0.25) is 5.02 Å². The minimum atomic E-state index is -0.161. The zero-order valence-electron chi connectivity index (χ0n) is 15.8. The summed E-state index contributed by atoms with van der Waals surface area (Å²) in [5.74, 6) is 1.45. The van der Waals surface area contributed by atoms with E-state index in [1.165, 1.54) is 19.5 Å². The van der Waals surface area contributed by atoms with Gasteiger partial charge in [-0.3, -0.25) is 4.79 Å². The number of ether oxygens (including phenoxy) is 2. The average molecular weight is 414 g/mol. The number of carbonyl (C=O) groups is 1. The summed E-state index contributed by atoms with van der Waals surface area (Å²) in [5.41, 5.74) is 1.92. The molecular formula is C20H20ClN5O3. The summed E-state index contributed by atoms with van der Waals surface area (Å²) in [6.45, 7) is 0.984. The minimum Gasteiger partial charge on any atom is -0.439 e. The van der Waals surface area contributed by atoms with Crippen molar-refractivity contribution >= 4 is 23.5 Å². The smallest absolute Gasteiger partial charge is 0.246 e. The highest BCUT2D eigenvalue weighted by atomic mass is 35.5. The molecule has 1 aromatic carbocycles. The summed E-state index contributed by atoms with van der Waals surface area (Å²) in [6.07, 6.45) is 4.74. The summed E-state index contributed by atoms with van der Waals surface area (Å²) in [5, 5.41) is 6.36. The molecule has 0 unspecified atom stereocenters. The van der Waals surface area contributed by atoms with Gasteiger partial charge in [-0.05, 0) is 29.3 Å². The van der Waals surface area contributed by atoms with Crippen molar-refractivity contribution in [2.24, 2.45) is 0 Å². The summed E-state index contributed by atoms with van der Waals surface area (Å²) < 4.78 is 10.6. The van der Waals surface area contributed by atoms with Crippen LogP contribution < -0.4 is 15.4 Å². The molecule has 2 N–H and O–H groups in total. The fraction of sp³-hybridized carbons (Fsp3) is 0.200. The maximum atomic E-state index is 11.4. The Morgan fingerprint density at radius 1 is 1.03 bits per heavy atom. The minimum absolute atomic E-state index is 0.0439. The highest BCUT2D eigenvalue weighted by molar-refractivity contribution is 6.30. The van der Waals surface area contributed by atoms with Gasteiger partial charge in [0.1, 0.15) is 12.4 Å². The van der Waals surface area contributed by atoms with Gasteiger partial charge in [0.15, 0.2) is 0 Å². The van der Waals surface area contributed by atoms with E-state index in [0.717, 1.165) is 11.1 Å². The lowest BCUT2D eigenvalue weighted by atomic mass is 10.2. The number of hydrogen-bond acceptors (Lipinski definition) is 7. The molecule has 3 rings (SSSR count). The first kappa shape index (κ1) is 20.5. The number of nitrogens with zero attached hydrogens (tertiary/aromatic N) is 3. The van der Waals surface area contributed by atoms with E-state index in [1.54, 1.807) is 6.20 Å². The first-order valence-electron chi connectivity index (χ1n) is 8.81. The molecule has 3 aromatic rings. The van der Waals surface area contributed by atoms with Gasteiger partial charge in [-0.25, -0.2) is 15.0 Å². The van der Waals surface area contributed by atoms with Gasteiger partial charge in [-0.2, -0.15) is 0 Å². The zero-order chi connectivity index (χ0) is 20.5. The zero-order valence-corrected chi connectivity index (χ0v) is 16.5. The molecule has 9 heteroatoms. The van der Waals surface area contributed by atoms with Gasteiger partial charge in [-0.1, -0.05) is 23.7 Å². The lowest BCUT2D eigenvalue weighted by Gasteiger charge is -2.09. The van der Waals surface area contributed by atoms with Crippen molar-refractivity contribution < 1.29 is 14.3 Å². The van der Waals surface area contributed by atoms with E-state index in [0.29, 0.717) is 35.7 Å². The third kappa shape index (κ3) is 6.70. The van der Waals surface area contributed by atoms with E-state index in [9.17, 15) is 4.79 Å². The van der Waals surface area contributed by atoms with Crippen molar-refractivity contribution in [2.45, 2.75) is 13.1 Å². The molecule has 8 nitrogen and oxygen atoms in total. The quantitative estimate of drug-likeness (QED) is 0.555. The number of aromatic nitrogens is 3. The van der Waals surface area contributed by atoms with Crippen LogP contribution in [-0.2, 0) is 22.6 Å². The van der Waals surface area contributed by atoms with Gasteiger partial charge in [0, 0.05) is 32.5 Å². The van der Waals surface area contributed by atoms with Crippen LogP contribution in [0.3, 0.4) is 0 Å². The number of benzene rings is 1. The third-order valence-corrected chi connectivity index (χ3v) is 3.98. The molecule has 2 aromatic heterocycles. The molecule has 0 saturated carbocycles. The Bertz CT molecular complexity index is 936. The molecule has 0 atom stereocenters. The second-order valence-corrected chi connectivity index (χ2v) is 6.47. The third-order valence-electron chi connectivity index (χ3n) is 3.78. The number of anilines is 1. The number of nitrogens with one attached hydrogen (secondary N) is 2. The highest BCUT2D eigenvalue weighted by Gasteiger charge is 2.04. The number of rotatable bonds is 9. The van der Waals surface area contributed by atoms with Crippen molar-refractivity contribution in [3.8, 4) is 11.6 Å². The van der Waals surface area contributed by atoms with Gasteiger partial charge < -0.3 is 20.1 Å². The number of halogens is 1. The number of methoxy groups -OCH3 is 1. The van der Waals surface area contributed by atoms with E-state index in [4.69, 9.17) is 21.1 Å². The summed E-state index contributed by atoms with van der Waals surface area (Å²) in [7, 11) is 1.48. The Hall–Kier alpha value is -3.23. The Morgan fingerprint density at radius 3 is 2.52 bits per heavy atom. The molecule has 0 bridgehead atoms. The van der Waals surface area contributed by atoms with Gasteiger partial charge in [-0.15, -0.1) is 0 Å². The average Bonchev–Trinajstić information content (AvgIpc) is 2.73. The molecule has 150 valence electrons. The number of carbonyl (C=O) groups excluding carboxylic acids is 1. The lowest BCUT2D eigenvalue weighted by Crippen LogP contribution is -2.26. The lowest BCUT2D eigenvalue weighted by molar-refractivity contribution is -0.124. The largest absolute Gasteiger partial charge is 0.439 e. The van der Waals surface area contributed by atoms with Gasteiger partial charge in [0.2, 0.25) is 17.7 Å². The first-order chi connectivity index (χ1) is 14.1. The van der Waals surface area contributed by atoms with Crippen LogP contribution in [-0.4, -0.2) is 34.6 Å². The van der Waals surface area contributed by atoms with Crippen molar-refractivity contribution in [1.29, 1.82) is 0 Å². The molecule has 0 fully saturated rings. The normalized spacial score (nSPS) is 10.4. The number of pyridine rings is 1. The van der Waals surface area contributed by atoms with Crippen LogP contribution >= 0.6 is 11.6 Å². The van der Waals surface area contributed by atoms with E-state index in [-0.39, 0.29) is 12.5 Å². The Morgan fingerprint density at radius 2 is 1.79 bits per heavy atom. The molecule has 2 heterocycles. The molecule has 0 saturated heterocycles. The van der Waals surface area contributed by atoms with Crippen LogP contribution in [0.25, 0.3) is 0 Å². The first-order valence-corrected chi connectivity index (χ1v) is 9.19. The molecule has 0 spiro atoms. The second-order valence-electron chi connectivity index (χ2n) is 6.04. The molecular weight excluding hydrogens is 394 g/mol. The van der Waals surface area contributed by atoms with Gasteiger partial charge >= 0.3 is 0 Å². The van der Waals surface area contributed by atoms with Crippen molar-refractivity contribution in [3.05, 3.63) is 71.1 Å². The maximum absolute atomic E-state index is 11.4. The molecule has 0 radical (unpaired) electrons. The second kappa shape index (κ2) is 10.4. The predicted molar refractivity (Wildman–Crippen MR) is 109 cm³/mol. The van der Waals surface area contributed by atoms with Crippen LogP contribution in [0.4, 0.5) is 5.95 Å². The summed E-state index contributed by atoms with van der Waals surface area (Å²) in [6, 6.07) is 11.1. The van der Waals surface area contributed by atoms with Gasteiger partial charge in [0.25, 0.3) is 0 Å². The van der Waals surface area contributed by atoms with Crippen LogP contribution in [0.15, 0.2) is 55.0 Å². The number of amides is 1. The monoisotopic (exact) mass is 413 g/mol. The van der Waals surface area contributed by atoms with Crippen molar-refractivity contribution in [2.75, 3.05) is 19.0 Å². The Kier molecular flexibility index (Phi) is 7.32. The topological polar surface area (TPSA) is 98.3 Å². The number of hydrogen-bond donors (Lipinski definition) is 2. The Labute approximate surface area is 173 Å². The van der Waals surface area contributed by atoms with Crippen LogP contribution in [0, 0.1) is 0 Å². The summed E-state index contributed by atoms with van der Waals surface area (Å²) in [4.78, 5) is 23.8. The van der Waals surface area contributed by atoms with Crippen LogP contribution in [0.5, 0.6) is 11.6 Å². The molecule has 29 heavy (non-hydrogen) atoms. The van der Waals surface area contributed by atoms with Gasteiger partial charge in [0.05, 0.1) is 17.4 Å². The molecule has 0 aliphatic heterocycles. The Balaban J connectivity index is 1.54. The van der Waals surface area contributed by atoms with Crippen LogP contribution in [0.1, 0.15) is 11.1 Å². The standard InChI is InChI=1S/C20H20ClN5O3/c1-28-13-18(27)23-9-14-2-4-17(5-3-14)29-19-8-15(6-7-22-19)10-24-20-25-11-16(21)12-26-20/h2-8,11-12H,9-10,13H2,1H3,(H,23,27)(H,24,25,26). The fourth-order valence-corrected chi connectivity index (χ4v) is 2.48. The van der Waals surface area contributed by atoms with E-state index in [2.05, 4.69) is 25.6 Å². The van der Waals surface area contributed by atoms with E-state index >= 15 is 0 Å². The fourth-order valence-electron chi connectivity index (χ4n) is 2.38. The predicted octanol–water partition coefficient (Wildman–Crippen LogP) is 3.19.